The first-order valence-electron chi connectivity index (χ1n) is 15.9. The van der Waals surface area contributed by atoms with E-state index in [1.807, 2.05) is 73.0 Å². The number of halogens is 3. The Bertz CT molecular complexity index is 1780. The predicted molar refractivity (Wildman–Crippen MR) is 200 cm³/mol. The normalized spacial score (nSPS) is 14.2. The summed E-state index contributed by atoms with van der Waals surface area (Å²) < 4.78 is 57.9. The average Bonchev–Trinajstić information content (AvgIpc) is 3.03. The summed E-state index contributed by atoms with van der Waals surface area (Å²) in [5, 5.41) is 0. The Morgan fingerprint density at radius 3 is 1.96 bits per heavy atom. The summed E-state index contributed by atoms with van der Waals surface area (Å²) in [5.41, 5.74) is -5.09. The minimum absolute atomic E-state index is 0.160. The first-order chi connectivity index (χ1) is 22.9. The molecule has 1 unspecified atom stereocenters. The number of ketones is 1. The van der Waals surface area contributed by atoms with Crippen LogP contribution in [0.4, 0.5) is 8.78 Å². The van der Waals surface area contributed by atoms with Crippen LogP contribution in [0.15, 0.2) is 113 Å². The van der Waals surface area contributed by atoms with Crippen molar-refractivity contribution in [2.24, 2.45) is 0 Å². The van der Waals surface area contributed by atoms with Crippen LogP contribution in [0, 0.1) is 0 Å². The standard InChI is InChI=1S/C39H43BrF2NO4PS/c1-36(2,3)46-48(45,47-37(4,5)6)39(41,42)32-17-15-29(16-18-32)25-38(31-19-21-34(49-7)22-20-31,23-11-14-28-12-9-8-10-13-28)35(44)30-24-33(40)27-43-26-30/h8-22,24,26-27H,23,25H2,1-7H3. The highest BCUT2D eigenvalue weighted by molar-refractivity contribution is 9.10. The first kappa shape index (κ1) is 38.9. The number of aromatic nitrogens is 1. The second-order valence-electron chi connectivity index (χ2n) is 13.9. The van der Waals surface area contributed by atoms with Gasteiger partial charge in [-0.05, 0) is 111 Å². The van der Waals surface area contributed by atoms with Crippen LogP contribution in [0.5, 0.6) is 0 Å². The van der Waals surface area contributed by atoms with E-state index in [0.29, 0.717) is 22.0 Å². The molecule has 1 aromatic heterocycles. The van der Waals surface area contributed by atoms with Gasteiger partial charge in [0, 0.05) is 32.9 Å². The molecular formula is C39H43BrF2NO4PS. The Kier molecular flexibility index (Phi) is 12.3. The van der Waals surface area contributed by atoms with Gasteiger partial charge in [-0.15, -0.1) is 11.8 Å². The third-order valence-corrected chi connectivity index (χ3v) is 11.3. The van der Waals surface area contributed by atoms with Crippen molar-refractivity contribution in [1.29, 1.82) is 0 Å². The van der Waals surface area contributed by atoms with Crippen molar-refractivity contribution in [3.8, 4) is 0 Å². The van der Waals surface area contributed by atoms with E-state index in [1.165, 1.54) is 12.1 Å². The van der Waals surface area contributed by atoms with E-state index < -0.39 is 35.4 Å². The largest absolute Gasteiger partial charge is 0.405 e. The molecule has 1 atom stereocenters. The van der Waals surface area contributed by atoms with Crippen LogP contribution in [0.25, 0.3) is 6.08 Å². The molecule has 49 heavy (non-hydrogen) atoms. The molecule has 0 aliphatic heterocycles. The number of carbonyl (C=O) groups is 1. The maximum atomic E-state index is 16.2. The molecule has 5 nitrogen and oxygen atoms in total. The molecule has 0 fully saturated rings. The Morgan fingerprint density at radius 1 is 0.857 bits per heavy atom. The third-order valence-electron chi connectivity index (χ3n) is 7.56. The van der Waals surface area contributed by atoms with Gasteiger partial charge in [-0.25, -0.2) is 0 Å². The number of Topliss-reactive ketones (excluding diaryl/α,β-unsaturated/α-hetero) is 1. The molecule has 0 bridgehead atoms. The van der Waals surface area contributed by atoms with E-state index in [2.05, 4.69) is 20.9 Å². The number of thioether (sulfide) groups is 1. The highest BCUT2D eigenvalue weighted by atomic mass is 79.9. The van der Waals surface area contributed by atoms with Crippen LogP contribution < -0.4 is 0 Å². The van der Waals surface area contributed by atoms with Crippen molar-refractivity contribution in [2.75, 3.05) is 6.26 Å². The van der Waals surface area contributed by atoms with Gasteiger partial charge in [-0.3, -0.25) is 23.4 Å². The van der Waals surface area contributed by atoms with Gasteiger partial charge in [0.05, 0.1) is 16.6 Å². The Morgan fingerprint density at radius 2 is 1.43 bits per heavy atom. The van der Waals surface area contributed by atoms with Crippen LogP contribution in [0.2, 0.25) is 0 Å². The lowest BCUT2D eigenvalue weighted by atomic mass is 9.68. The number of pyridine rings is 1. The van der Waals surface area contributed by atoms with E-state index in [0.717, 1.165) is 16.0 Å². The van der Waals surface area contributed by atoms with Crippen LogP contribution >= 0.6 is 35.3 Å². The lowest BCUT2D eigenvalue weighted by molar-refractivity contribution is -0.0213. The molecule has 0 saturated carbocycles. The lowest BCUT2D eigenvalue weighted by Gasteiger charge is -2.36. The quantitative estimate of drug-likeness (QED) is 0.0766. The smallest absolute Gasteiger partial charge is 0.298 e. The zero-order valence-corrected chi connectivity index (χ0v) is 32.2. The summed E-state index contributed by atoms with van der Waals surface area (Å²) in [5.74, 6) is -0.160. The zero-order chi connectivity index (χ0) is 36.1. The molecule has 0 spiro atoms. The Hall–Kier alpha value is -2.94. The summed E-state index contributed by atoms with van der Waals surface area (Å²) in [6.45, 7) is 9.33. The van der Waals surface area contributed by atoms with Crippen molar-refractivity contribution in [3.05, 3.63) is 136 Å². The van der Waals surface area contributed by atoms with Gasteiger partial charge >= 0.3 is 13.3 Å². The molecule has 1 heterocycles. The molecule has 0 amide bonds. The van der Waals surface area contributed by atoms with Gasteiger partial charge in [0.1, 0.15) is 0 Å². The summed E-state index contributed by atoms with van der Waals surface area (Å²) in [6, 6.07) is 25.0. The number of rotatable bonds is 13. The number of benzene rings is 3. The van der Waals surface area contributed by atoms with E-state index in [4.69, 9.17) is 9.05 Å². The van der Waals surface area contributed by atoms with Gasteiger partial charge in [-0.1, -0.05) is 78.9 Å². The van der Waals surface area contributed by atoms with E-state index in [9.17, 15) is 9.36 Å². The average molecular weight is 771 g/mol. The minimum atomic E-state index is -5.01. The topological polar surface area (TPSA) is 65.5 Å². The monoisotopic (exact) mass is 769 g/mol. The first-order valence-corrected chi connectivity index (χ1v) is 19.4. The Labute approximate surface area is 301 Å². The second kappa shape index (κ2) is 15.5. The fraction of sp³-hybridized carbons (Fsp3) is 0.333. The molecule has 0 aliphatic rings. The lowest BCUT2D eigenvalue weighted by Crippen LogP contribution is -2.38. The number of alkyl halides is 2. The second-order valence-corrected chi connectivity index (χ2v) is 17.6. The zero-order valence-electron chi connectivity index (χ0n) is 28.9. The molecule has 4 aromatic rings. The number of allylic oxidation sites excluding steroid dienone is 1. The molecule has 4 rings (SSSR count). The molecule has 0 N–H and O–H groups in total. The summed E-state index contributed by atoms with van der Waals surface area (Å²) >= 11 is 5.05. The van der Waals surface area contributed by atoms with Crippen LogP contribution in [0.1, 0.15) is 80.6 Å². The van der Waals surface area contributed by atoms with E-state index in [-0.39, 0.29) is 12.2 Å². The molecule has 0 aliphatic carbocycles. The van der Waals surface area contributed by atoms with E-state index in [1.54, 1.807) is 83.9 Å². The number of hydrogen-bond acceptors (Lipinski definition) is 6. The fourth-order valence-electron chi connectivity index (χ4n) is 5.46. The van der Waals surface area contributed by atoms with Gasteiger partial charge in [0.15, 0.2) is 5.78 Å². The van der Waals surface area contributed by atoms with Crippen molar-refractivity contribution in [2.45, 2.75) is 81.6 Å². The maximum absolute atomic E-state index is 16.2. The van der Waals surface area contributed by atoms with Crippen molar-refractivity contribution in [3.63, 3.8) is 0 Å². The van der Waals surface area contributed by atoms with Crippen molar-refractivity contribution < 1.29 is 27.2 Å². The van der Waals surface area contributed by atoms with Crippen LogP contribution in [0.3, 0.4) is 0 Å². The molecular weight excluding hydrogens is 727 g/mol. The summed E-state index contributed by atoms with van der Waals surface area (Å²) in [7, 11) is -5.01. The number of nitrogens with zero attached hydrogens (tertiary/aromatic N) is 1. The van der Waals surface area contributed by atoms with Gasteiger partial charge in [0.25, 0.3) is 0 Å². The fourth-order valence-corrected chi connectivity index (χ4v) is 8.41. The summed E-state index contributed by atoms with van der Waals surface area (Å²) in [6.07, 6.45) is 9.61. The number of carbonyl (C=O) groups excluding carboxylic acids is 1. The molecule has 260 valence electrons. The van der Waals surface area contributed by atoms with Gasteiger partial charge < -0.3 is 0 Å². The third kappa shape index (κ3) is 9.86. The highest BCUT2D eigenvalue weighted by Gasteiger charge is 2.58. The maximum Gasteiger partial charge on any atom is 0.405 e. The molecule has 0 saturated heterocycles. The van der Waals surface area contributed by atoms with E-state index >= 15 is 8.78 Å². The van der Waals surface area contributed by atoms with Crippen LogP contribution in [-0.4, -0.2) is 28.2 Å². The van der Waals surface area contributed by atoms with Gasteiger partial charge in [-0.2, -0.15) is 8.78 Å². The van der Waals surface area contributed by atoms with Crippen molar-refractivity contribution in [1.82, 2.24) is 4.98 Å². The SMILES string of the molecule is CSc1ccc(C(CC=Cc2ccccc2)(Cc2ccc(C(F)(F)P(=O)(OC(C)(C)C)OC(C)(C)C)cc2)C(=O)c2cncc(Br)c2)cc1. The molecule has 10 heteroatoms. The van der Waals surface area contributed by atoms with Gasteiger partial charge in [0.2, 0.25) is 0 Å². The highest BCUT2D eigenvalue weighted by Crippen LogP contribution is 2.69. The minimum Gasteiger partial charge on any atom is -0.298 e. The van der Waals surface area contributed by atoms with Crippen molar-refractivity contribution >= 4 is 47.1 Å². The molecule has 3 aromatic carbocycles. The molecule has 0 radical (unpaired) electrons. The summed E-state index contributed by atoms with van der Waals surface area (Å²) in [4.78, 5) is 20.1. The van der Waals surface area contributed by atoms with Crippen LogP contribution in [-0.2, 0) is 31.1 Å². The Balaban J connectivity index is 1.83. The number of hydrogen-bond donors (Lipinski definition) is 0. The predicted octanol–water partition coefficient (Wildman–Crippen LogP) is 11.9.